The molecule has 0 unspecified atom stereocenters. The molecule has 2 rings (SSSR count). The molecule has 2 aromatic rings. The van der Waals surface area contributed by atoms with Gasteiger partial charge in [0.2, 0.25) is 0 Å². The Hall–Kier alpha value is -2.74. The first kappa shape index (κ1) is 20.6. The molecule has 2 aromatic carbocycles. The van der Waals surface area contributed by atoms with Gasteiger partial charge in [-0.05, 0) is 35.4 Å². The third-order valence-electron chi connectivity index (χ3n) is 3.92. The predicted molar refractivity (Wildman–Crippen MR) is 100 cm³/mol. The van der Waals surface area contributed by atoms with Crippen molar-refractivity contribution in [2.24, 2.45) is 0 Å². The van der Waals surface area contributed by atoms with Gasteiger partial charge in [0.1, 0.15) is 17.6 Å². The molecule has 0 amide bonds. The standard InChI is InChI=1S/C20H24O7/c1-25-15-8-13(4-3-7-21)9-16(11-15)27-19(12-22)20(24)14-5-6-17(23)18(10-14)26-2/h3-6,8-11,19-24H,7,12H2,1-2H3/t19-,20+/m1/s1. The highest BCUT2D eigenvalue weighted by Crippen LogP contribution is 2.32. The van der Waals surface area contributed by atoms with Crippen LogP contribution in [0.4, 0.5) is 0 Å². The SMILES string of the molecule is COc1cc(C=CCO)cc(O[C@H](CO)[C@@H](O)c2ccc(O)c(OC)c2)c1. The molecule has 0 saturated carbocycles. The van der Waals surface area contributed by atoms with Crippen LogP contribution in [0.3, 0.4) is 0 Å². The summed E-state index contributed by atoms with van der Waals surface area (Å²) in [4.78, 5) is 0. The molecule has 0 aromatic heterocycles. The van der Waals surface area contributed by atoms with Gasteiger partial charge in [0.05, 0.1) is 27.4 Å². The fraction of sp³-hybridized carbons (Fsp3) is 0.300. The topological polar surface area (TPSA) is 109 Å². The quantitative estimate of drug-likeness (QED) is 0.529. The number of aliphatic hydroxyl groups is 3. The Morgan fingerprint density at radius 2 is 1.74 bits per heavy atom. The van der Waals surface area contributed by atoms with Gasteiger partial charge < -0.3 is 34.6 Å². The predicted octanol–water partition coefficient (Wildman–Crippen LogP) is 1.89. The Morgan fingerprint density at radius 3 is 2.37 bits per heavy atom. The highest BCUT2D eigenvalue weighted by atomic mass is 16.5. The van der Waals surface area contributed by atoms with Crippen LogP contribution < -0.4 is 14.2 Å². The lowest BCUT2D eigenvalue weighted by molar-refractivity contribution is 0.000562. The smallest absolute Gasteiger partial charge is 0.160 e. The molecule has 0 radical (unpaired) electrons. The molecule has 0 aliphatic heterocycles. The maximum atomic E-state index is 10.6. The molecular weight excluding hydrogens is 352 g/mol. The van der Waals surface area contributed by atoms with Gasteiger partial charge in [0.25, 0.3) is 0 Å². The highest BCUT2D eigenvalue weighted by Gasteiger charge is 2.23. The molecule has 0 spiro atoms. The summed E-state index contributed by atoms with van der Waals surface area (Å²) in [6.45, 7) is -0.544. The van der Waals surface area contributed by atoms with Gasteiger partial charge in [0.15, 0.2) is 17.6 Å². The average molecular weight is 376 g/mol. The van der Waals surface area contributed by atoms with Gasteiger partial charge >= 0.3 is 0 Å². The first-order valence-electron chi connectivity index (χ1n) is 8.31. The number of hydrogen-bond acceptors (Lipinski definition) is 7. The Labute approximate surface area is 157 Å². The molecular formula is C20H24O7. The molecule has 0 aliphatic rings. The maximum absolute atomic E-state index is 10.6. The Bertz CT molecular complexity index is 773. The number of aliphatic hydroxyl groups excluding tert-OH is 3. The van der Waals surface area contributed by atoms with Gasteiger partial charge in [-0.25, -0.2) is 0 Å². The summed E-state index contributed by atoms with van der Waals surface area (Å²) >= 11 is 0. The summed E-state index contributed by atoms with van der Waals surface area (Å²) < 4.78 is 16.0. The summed E-state index contributed by atoms with van der Waals surface area (Å²) in [6, 6.07) is 9.48. The zero-order chi connectivity index (χ0) is 19.8. The van der Waals surface area contributed by atoms with Crippen molar-refractivity contribution < 1.29 is 34.6 Å². The minimum Gasteiger partial charge on any atom is -0.504 e. The number of hydrogen-bond donors (Lipinski definition) is 4. The lowest BCUT2D eigenvalue weighted by Gasteiger charge is -2.23. The summed E-state index contributed by atoms with van der Waals surface area (Å²) in [5, 5.41) is 38.9. The fourth-order valence-electron chi connectivity index (χ4n) is 2.53. The van der Waals surface area contributed by atoms with E-state index in [-0.39, 0.29) is 18.1 Å². The van der Waals surface area contributed by atoms with Crippen LogP contribution in [-0.2, 0) is 0 Å². The lowest BCUT2D eigenvalue weighted by atomic mass is 10.0. The first-order chi connectivity index (χ1) is 13.0. The Morgan fingerprint density at radius 1 is 1.00 bits per heavy atom. The summed E-state index contributed by atoms with van der Waals surface area (Å²) in [5.74, 6) is 1.07. The maximum Gasteiger partial charge on any atom is 0.160 e. The van der Waals surface area contributed by atoms with Crippen LogP contribution in [0.15, 0.2) is 42.5 Å². The lowest BCUT2D eigenvalue weighted by Crippen LogP contribution is -2.29. The summed E-state index contributed by atoms with van der Waals surface area (Å²) in [6.07, 6.45) is 1.15. The Balaban J connectivity index is 2.26. The highest BCUT2D eigenvalue weighted by molar-refractivity contribution is 5.55. The van der Waals surface area contributed by atoms with Gasteiger partial charge in [0, 0.05) is 6.07 Å². The summed E-state index contributed by atoms with van der Waals surface area (Å²) in [7, 11) is 2.92. The van der Waals surface area contributed by atoms with E-state index in [4.69, 9.17) is 19.3 Å². The number of methoxy groups -OCH3 is 2. The van der Waals surface area contributed by atoms with Crippen molar-refractivity contribution in [3.8, 4) is 23.0 Å². The van der Waals surface area contributed by atoms with E-state index >= 15 is 0 Å². The van der Waals surface area contributed by atoms with Crippen molar-refractivity contribution in [3.05, 3.63) is 53.6 Å². The van der Waals surface area contributed by atoms with Crippen molar-refractivity contribution >= 4 is 6.08 Å². The van der Waals surface area contributed by atoms with Crippen molar-refractivity contribution in [3.63, 3.8) is 0 Å². The van der Waals surface area contributed by atoms with E-state index in [1.54, 1.807) is 30.4 Å². The van der Waals surface area contributed by atoms with Crippen LogP contribution in [0.5, 0.6) is 23.0 Å². The van der Waals surface area contributed by atoms with E-state index in [2.05, 4.69) is 0 Å². The molecule has 27 heavy (non-hydrogen) atoms. The van der Waals surface area contributed by atoms with Crippen LogP contribution >= 0.6 is 0 Å². The number of ether oxygens (including phenoxy) is 3. The molecule has 0 saturated heterocycles. The molecule has 146 valence electrons. The van der Waals surface area contributed by atoms with E-state index in [0.717, 1.165) is 5.56 Å². The van der Waals surface area contributed by atoms with Crippen LogP contribution in [-0.4, -0.2) is 54.0 Å². The molecule has 7 nitrogen and oxygen atoms in total. The second kappa shape index (κ2) is 9.82. The van der Waals surface area contributed by atoms with Gasteiger partial charge in [-0.1, -0.05) is 18.2 Å². The molecule has 7 heteroatoms. The summed E-state index contributed by atoms with van der Waals surface area (Å²) in [5.41, 5.74) is 1.16. The average Bonchev–Trinajstić information content (AvgIpc) is 2.70. The number of benzene rings is 2. The Kier molecular flexibility index (Phi) is 7.48. The normalized spacial score (nSPS) is 13.4. The van der Waals surface area contributed by atoms with Crippen LogP contribution in [0.1, 0.15) is 17.2 Å². The first-order valence-corrected chi connectivity index (χ1v) is 8.31. The third-order valence-corrected chi connectivity index (χ3v) is 3.92. The number of phenolic OH excluding ortho intramolecular Hbond substituents is 1. The minimum atomic E-state index is -1.16. The molecule has 2 atom stereocenters. The van der Waals surface area contributed by atoms with E-state index in [9.17, 15) is 15.3 Å². The molecule has 0 bridgehead atoms. The van der Waals surface area contributed by atoms with Gasteiger partial charge in [-0.3, -0.25) is 0 Å². The zero-order valence-electron chi connectivity index (χ0n) is 15.2. The van der Waals surface area contributed by atoms with Crippen LogP contribution in [0.25, 0.3) is 6.08 Å². The monoisotopic (exact) mass is 376 g/mol. The van der Waals surface area contributed by atoms with Crippen molar-refractivity contribution in [1.82, 2.24) is 0 Å². The zero-order valence-corrected chi connectivity index (χ0v) is 15.2. The van der Waals surface area contributed by atoms with E-state index in [1.807, 2.05) is 0 Å². The third kappa shape index (κ3) is 5.37. The number of aromatic hydroxyl groups is 1. The van der Waals surface area contributed by atoms with Crippen LogP contribution in [0.2, 0.25) is 0 Å². The van der Waals surface area contributed by atoms with Crippen LogP contribution in [0, 0.1) is 0 Å². The molecule has 0 fully saturated rings. The molecule has 4 N–H and O–H groups in total. The molecule has 0 aliphatic carbocycles. The van der Waals surface area contributed by atoms with Crippen molar-refractivity contribution in [2.75, 3.05) is 27.4 Å². The van der Waals surface area contributed by atoms with Gasteiger partial charge in [-0.15, -0.1) is 0 Å². The fourth-order valence-corrected chi connectivity index (χ4v) is 2.53. The second-order valence-electron chi connectivity index (χ2n) is 5.74. The largest absolute Gasteiger partial charge is 0.504 e. The van der Waals surface area contributed by atoms with E-state index in [1.165, 1.54) is 32.4 Å². The number of rotatable bonds is 9. The number of phenols is 1. The van der Waals surface area contributed by atoms with Crippen molar-refractivity contribution in [1.29, 1.82) is 0 Å². The second-order valence-corrected chi connectivity index (χ2v) is 5.74. The van der Waals surface area contributed by atoms with E-state index < -0.39 is 18.8 Å². The van der Waals surface area contributed by atoms with E-state index in [0.29, 0.717) is 17.1 Å². The molecule has 0 heterocycles. The minimum absolute atomic E-state index is 0.0528. The van der Waals surface area contributed by atoms with Crippen molar-refractivity contribution in [2.45, 2.75) is 12.2 Å². The van der Waals surface area contributed by atoms with Gasteiger partial charge in [-0.2, -0.15) is 0 Å².